The van der Waals surface area contributed by atoms with E-state index in [0.717, 1.165) is 23.1 Å². The highest BCUT2D eigenvalue weighted by Gasteiger charge is 2.28. The summed E-state index contributed by atoms with van der Waals surface area (Å²) >= 11 is 0. The van der Waals surface area contributed by atoms with Crippen LogP contribution in [0.25, 0.3) is 0 Å². The Hall–Kier alpha value is -1.84. The smallest absolute Gasteiger partial charge is 0.336 e. The zero-order valence-corrected chi connectivity index (χ0v) is 13.4. The Labute approximate surface area is 125 Å². The van der Waals surface area contributed by atoms with Crippen LogP contribution in [0.1, 0.15) is 83.0 Å². The van der Waals surface area contributed by atoms with Crippen molar-refractivity contribution in [3.05, 3.63) is 33.4 Å². The lowest BCUT2D eigenvalue weighted by molar-refractivity contribution is 0.0694. The largest absolute Gasteiger partial charge is 0.478 e. The maximum Gasteiger partial charge on any atom is 0.336 e. The monoisotopic (exact) mass is 292 g/mol. The van der Waals surface area contributed by atoms with Gasteiger partial charge in [0.1, 0.15) is 0 Å². The van der Waals surface area contributed by atoms with Gasteiger partial charge in [0.15, 0.2) is 0 Å². The zero-order chi connectivity index (χ0) is 16.3. The fourth-order valence-corrected chi connectivity index (χ4v) is 3.17. The van der Waals surface area contributed by atoms with Crippen molar-refractivity contribution in [2.24, 2.45) is 0 Å². The van der Waals surface area contributed by atoms with Crippen LogP contribution in [0.2, 0.25) is 0 Å². The van der Waals surface area contributed by atoms with Crippen LogP contribution in [0.4, 0.5) is 0 Å². The van der Waals surface area contributed by atoms with Crippen LogP contribution in [0, 0.1) is 6.92 Å². The van der Waals surface area contributed by atoms with Gasteiger partial charge in [-0.05, 0) is 54.4 Å². The maximum atomic E-state index is 11.7. The SMILES string of the molecule is CCc1c(C(=O)O)c(C)c(C(C)CC)c(CC)c1C(=O)O. The molecule has 4 nitrogen and oxygen atoms in total. The van der Waals surface area contributed by atoms with E-state index in [9.17, 15) is 19.8 Å². The van der Waals surface area contributed by atoms with E-state index in [4.69, 9.17) is 0 Å². The number of hydrogen-bond donors (Lipinski definition) is 2. The van der Waals surface area contributed by atoms with Crippen LogP contribution in [0.3, 0.4) is 0 Å². The van der Waals surface area contributed by atoms with Crippen molar-refractivity contribution in [1.82, 2.24) is 0 Å². The number of benzene rings is 1. The summed E-state index contributed by atoms with van der Waals surface area (Å²) in [6.45, 7) is 9.57. The second-order valence-electron chi connectivity index (χ2n) is 5.37. The van der Waals surface area contributed by atoms with Gasteiger partial charge in [0, 0.05) is 0 Å². The van der Waals surface area contributed by atoms with E-state index in [0.29, 0.717) is 18.4 Å². The van der Waals surface area contributed by atoms with Gasteiger partial charge in [-0.25, -0.2) is 9.59 Å². The molecule has 1 aromatic rings. The minimum Gasteiger partial charge on any atom is -0.478 e. The molecule has 0 aromatic heterocycles. The van der Waals surface area contributed by atoms with Crippen LogP contribution >= 0.6 is 0 Å². The highest BCUT2D eigenvalue weighted by atomic mass is 16.4. The average molecular weight is 292 g/mol. The van der Waals surface area contributed by atoms with Crippen LogP contribution in [-0.4, -0.2) is 22.2 Å². The Morgan fingerprint density at radius 2 is 1.43 bits per heavy atom. The van der Waals surface area contributed by atoms with Gasteiger partial charge in [-0.15, -0.1) is 0 Å². The van der Waals surface area contributed by atoms with Gasteiger partial charge in [0.05, 0.1) is 11.1 Å². The first-order valence-corrected chi connectivity index (χ1v) is 7.46. The van der Waals surface area contributed by atoms with Gasteiger partial charge in [-0.1, -0.05) is 27.7 Å². The van der Waals surface area contributed by atoms with E-state index >= 15 is 0 Å². The molecule has 2 N–H and O–H groups in total. The van der Waals surface area contributed by atoms with Crippen LogP contribution < -0.4 is 0 Å². The summed E-state index contributed by atoms with van der Waals surface area (Å²) in [5, 5.41) is 19.1. The standard InChI is InChI=1S/C17H24O4/c1-6-9(4)13-10(5)14(16(18)19)12(8-3)15(17(20)21)11(13)7-2/h9H,6-8H2,1-5H3,(H,18,19)(H,20,21). The molecule has 0 spiro atoms. The normalized spacial score (nSPS) is 12.2. The molecule has 0 aliphatic carbocycles. The first-order chi connectivity index (χ1) is 9.81. The van der Waals surface area contributed by atoms with E-state index < -0.39 is 11.9 Å². The lowest BCUT2D eigenvalue weighted by Crippen LogP contribution is -2.18. The Balaban J connectivity index is 3.98. The minimum atomic E-state index is -1.04. The number of carboxylic acid groups (broad SMARTS) is 2. The molecule has 1 unspecified atom stereocenters. The first kappa shape index (κ1) is 17.2. The molecule has 4 heteroatoms. The van der Waals surface area contributed by atoms with Crippen molar-refractivity contribution in [3.63, 3.8) is 0 Å². The molecule has 0 bridgehead atoms. The summed E-state index contributed by atoms with van der Waals surface area (Å²) in [6, 6.07) is 0. The molecule has 0 aliphatic rings. The quantitative estimate of drug-likeness (QED) is 0.830. The predicted octanol–water partition coefficient (Wildman–Crippen LogP) is 4.03. The van der Waals surface area contributed by atoms with Crippen molar-refractivity contribution >= 4 is 11.9 Å². The van der Waals surface area contributed by atoms with Gasteiger partial charge in [0.25, 0.3) is 0 Å². The second kappa shape index (κ2) is 6.74. The summed E-state index contributed by atoms with van der Waals surface area (Å²) in [7, 11) is 0. The number of carbonyl (C=O) groups is 2. The van der Waals surface area contributed by atoms with Crippen molar-refractivity contribution in [3.8, 4) is 0 Å². The molecule has 0 amide bonds. The van der Waals surface area contributed by atoms with Crippen molar-refractivity contribution in [2.75, 3.05) is 0 Å². The van der Waals surface area contributed by atoms with Gasteiger partial charge in [-0.3, -0.25) is 0 Å². The molecule has 0 heterocycles. The van der Waals surface area contributed by atoms with Crippen molar-refractivity contribution in [1.29, 1.82) is 0 Å². The summed E-state index contributed by atoms with van der Waals surface area (Å²) < 4.78 is 0. The summed E-state index contributed by atoms with van der Waals surface area (Å²) in [5.74, 6) is -1.93. The number of aromatic carboxylic acids is 2. The molecule has 0 aliphatic heterocycles. The third-order valence-electron chi connectivity index (χ3n) is 4.25. The lowest BCUT2D eigenvalue weighted by Gasteiger charge is -2.24. The summed E-state index contributed by atoms with van der Waals surface area (Å²) in [6.07, 6.45) is 1.84. The van der Waals surface area contributed by atoms with E-state index in [1.807, 2.05) is 20.8 Å². The van der Waals surface area contributed by atoms with Gasteiger partial charge in [0.2, 0.25) is 0 Å². The fourth-order valence-electron chi connectivity index (χ4n) is 3.17. The number of hydrogen-bond acceptors (Lipinski definition) is 2. The third-order valence-corrected chi connectivity index (χ3v) is 4.25. The first-order valence-electron chi connectivity index (χ1n) is 7.46. The lowest BCUT2D eigenvalue weighted by atomic mass is 9.80. The molecule has 1 atom stereocenters. The fraction of sp³-hybridized carbons (Fsp3) is 0.529. The molecule has 0 radical (unpaired) electrons. The van der Waals surface area contributed by atoms with Crippen molar-refractivity contribution < 1.29 is 19.8 Å². The average Bonchev–Trinajstić information content (AvgIpc) is 2.43. The third kappa shape index (κ3) is 2.94. The van der Waals surface area contributed by atoms with E-state index in [1.165, 1.54) is 0 Å². The maximum absolute atomic E-state index is 11.7. The Morgan fingerprint density at radius 1 is 0.952 bits per heavy atom. The second-order valence-corrected chi connectivity index (χ2v) is 5.37. The molecule has 1 rings (SSSR count). The van der Waals surface area contributed by atoms with Crippen LogP contribution in [0.15, 0.2) is 0 Å². The molecule has 0 fully saturated rings. The molecular formula is C17H24O4. The van der Waals surface area contributed by atoms with E-state index in [1.54, 1.807) is 13.8 Å². The van der Waals surface area contributed by atoms with E-state index in [-0.39, 0.29) is 17.0 Å². The number of rotatable bonds is 6. The van der Waals surface area contributed by atoms with Gasteiger partial charge >= 0.3 is 11.9 Å². The highest BCUT2D eigenvalue weighted by molar-refractivity contribution is 5.99. The highest BCUT2D eigenvalue weighted by Crippen LogP contribution is 2.35. The molecule has 21 heavy (non-hydrogen) atoms. The molecule has 0 saturated heterocycles. The number of carboxylic acids is 2. The molecule has 0 saturated carbocycles. The van der Waals surface area contributed by atoms with Gasteiger partial charge < -0.3 is 10.2 Å². The van der Waals surface area contributed by atoms with Crippen molar-refractivity contribution in [2.45, 2.75) is 59.8 Å². The summed E-state index contributed by atoms with van der Waals surface area (Å²) in [5.41, 5.74) is 3.20. The van der Waals surface area contributed by atoms with Gasteiger partial charge in [-0.2, -0.15) is 0 Å². The predicted molar refractivity (Wildman–Crippen MR) is 82.6 cm³/mol. The zero-order valence-electron chi connectivity index (χ0n) is 13.4. The van der Waals surface area contributed by atoms with Crippen LogP contribution in [0.5, 0.6) is 0 Å². The Bertz CT molecular complexity index is 573. The molecule has 116 valence electrons. The summed E-state index contributed by atoms with van der Waals surface area (Å²) in [4.78, 5) is 23.4. The molecule has 1 aromatic carbocycles. The van der Waals surface area contributed by atoms with E-state index in [2.05, 4.69) is 0 Å². The minimum absolute atomic E-state index is 0.141. The topological polar surface area (TPSA) is 74.6 Å². The Kier molecular flexibility index (Phi) is 5.53. The molecular weight excluding hydrogens is 268 g/mol. The Morgan fingerprint density at radius 3 is 1.76 bits per heavy atom. The van der Waals surface area contributed by atoms with Crippen LogP contribution in [-0.2, 0) is 12.8 Å².